The van der Waals surface area contributed by atoms with Crippen LogP contribution in [0.2, 0.25) is 0 Å². The lowest BCUT2D eigenvalue weighted by molar-refractivity contribution is -0.124. The summed E-state index contributed by atoms with van der Waals surface area (Å²) in [5.74, 6) is -0.290. The van der Waals surface area contributed by atoms with Crippen molar-refractivity contribution < 1.29 is 9.18 Å². The van der Waals surface area contributed by atoms with Crippen LogP contribution in [-0.4, -0.2) is 26.0 Å². The Balaban J connectivity index is 2.33. The number of carbonyl (C=O) groups is 1. The smallest absolute Gasteiger partial charge is 0.224 e. The van der Waals surface area contributed by atoms with Gasteiger partial charge in [-0.05, 0) is 25.1 Å². The van der Waals surface area contributed by atoms with Crippen molar-refractivity contribution in [1.29, 1.82) is 0 Å². The molecule has 0 aliphatic heterocycles. The Morgan fingerprint density at radius 1 is 1.41 bits per heavy atom. The van der Waals surface area contributed by atoms with Crippen LogP contribution in [0.25, 0.3) is 0 Å². The fourth-order valence-corrected chi connectivity index (χ4v) is 1.59. The maximum Gasteiger partial charge on any atom is 0.224 e. The zero-order valence-corrected chi connectivity index (χ0v) is 10.3. The topological polar surface area (TPSA) is 41.1 Å². The first-order chi connectivity index (χ1) is 8.15. The normalized spacial score (nSPS) is 12.2. The van der Waals surface area contributed by atoms with E-state index in [0.29, 0.717) is 25.1 Å². The Hall–Kier alpha value is -1.42. The number of benzene rings is 1. The molecule has 0 heterocycles. The molecule has 4 heteroatoms. The third-order valence-corrected chi connectivity index (χ3v) is 2.61. The van der Waals surface area contributed by atoms with E-state index in [1.807, 2.05) is 14.0 Å². The van der Waals surface area contributed by atoms with Crippen molar-refractivity contribution in [3.8, 4) is 0 Å². The Bertz CT molecular complexity index is 368. The molecule has 0 aromatic heterocycles. The van der Waals surface area contributed by atoms with Crippen LogP contribution in [-0.2, 0) is 11.2 Å². The van der Waals surface area contributed by atoms with Crippen LogP contribution in [0.3, 0.4) is 0 Å². The van der Waals surface area contributed by atoms with Crippen molar-refractivity contribution in [1.82, 2.24) is 10.6 Å². The molecule has 2 N–H and O–H groups in total. The molecule has 3 nitrogen and oxygen atoms in total. The predicted molar refractivity (Wildman–Crippen MR) is 66.2 cm³/mol. The molecule has 1 rings (SSSR count). The summed E-state index contributed by atoms with van der Waals surface area (Å²) in [6, 6.07) is 6.62. The monoisotopic (exact) mass is 238 g/mol. The van der Waals surface area contributed by atoms with E-state index in [2.05, 4.69) is 10.6 Å². The number of nitrogens with one attached hydrogen (secondary N) is 2. The van der Waals surface area contributed by atoms with E-state index in [4.69, 9.17) is 0 Å². The molecule has 0 saturated heterocycles. The molecule has 1 aromatic rings. The molecule has 1 atom stereocenters. The van der Waals surface area contributed by atoms with Gasteiger partial charge in [-0.1, -0.05) is 25.1 Å². The molecule has 1 amide bonds. The van der Waals surface area contributed by atoms with Crippen LogP contribution in [0.4, 0.5) is 4.39 Å². The zero-order valence-electron chi connectivity index (χ0n) is 10.3. The summed E-state index contributed by atoms with van der Waals surface area (Å²) >= 11 is 0. The molecule has 1 aromatic carbocycles. The number of rotatable bonds is 6. The van der Waals surface area contributed by atoms with Gasteiger partial charge in [0.1, 0.15) is 5.82 Å². The van der Waals surface area contributed by atoms with Crippen LogP contribution in [0.5, 0.6) is 0 Å². The van der Waals surface area contributed by atoms with Crippen molar-refractivity contribution in [3.05, 3.63) is 35.6 Å². The summed E-state index contributed by atoms with van der Waals surface area (Å²) in [6.45, 7) is 2.97. The first-order valence-corrected chi connectivity index (χ1v) is 5.81. The standard InChI is InChI=1S/C13H19FN2O/c1-10(9-15-2)13(17)16-8-7-11-5-3-4-6-12(11)14/h3-6,10,15H,7-9H2,1-2H3,(H,16,17). The van der Waals surface area contributed by atoms with E-state index in [-0.39, 0.29) is 17.6 Å². The second-order valence-electron chi connectivity index (χ2n) is 4.09. The summed E-state index contributed by atoms with van der Waals surface area (Å²) < 4.78 is 13.3. The molecule has 0 aliphatic carbocycles. The lowest BCUT2D eigenvalue weighted by atomic mass is 10.1. The van der Waals surface area contributed by atoms with Crippen molar-refractivity contribution in [2.45, 2.75) is 13.3 Å². The summed E-state index contributed by atoms with van der Waals surface area (Å²) in [4.78, 5) is 11.6. The SMILES string of the molecule is CNCC(C)C(=O)NCCc1ccccc1F. The van der Waals surface area contributed by atoms with E-state index in [1.54, 1.807) is 18.2 Å². The first-order valence-electron chi connectivity index (χ1n) is 5.81. The van der Waals surface area contributed by atoms with Gasteiger partial charge in [-0.2, -0.15) is 0 Å². The fraction of sp³-hybridized carbons (Fsp3) is 0.462. The largest absolute Gasteiger partial charge is 0.355 e. The Morgan fingerprint density at radius 3 is 2.76 bits per heavy atom. The molecule has 0 fully saturated rings. The number of hydrogen-bond donors (Lipinski definition) is 2. The Kier molecular flexibility index (Phi) is 5.63. The lowest BCUT2D eigenvalue weighted by Gasteiger charge is -2.11. The predicted octanol–water partition coefficient (Wildman–Crippen LogP) is 1.34. The van der Waals surface area contributed by atoms with Gasteiger partial charge in [0.05, 0.1) is 0 Å². The minimum absolute atomic E-state index is 0.00399. The highest BCUT2D eigenvalue weighted by molar-refractivity contribution is 5.78. The summed E-state index contributed by atoms with van der Waals surface area (Å²) in [7, 11) is 1.81. The van der Waals surface area contributed by atoms with Crippen LogP contribution in [0, 0.1) is 11.7 Å². The van der Waals surface area contributed by atoms with Crippen LogP contribution < -0.4 is 10.6 Å². The zero-order chi connectivity index (χ0) is 12.7. The molecule has 1 unspecified atom stereocenters. The molecule has 0 saturated carbocycles. The lowest BCUT2D eigenvalue weighted by Crippen LogP contribution is -2.35. The Morgan fingerprint density at radius 2 is 2.12 bits per heavy atom. The van der Waals surface area contributed by atoms with Gasteiger partial charge >= 0.3 is 0 Å². The number of amides is 1. The maximum absolute atomic E-state index is 13.3. The third-order valence-electron chi connectivity index (χ3n) is 2.61. The minimum Gasteiger partial charge on any atom is -0.355 e. The van der Waals surface area contributed by atoms with Crippen molar-refractivity contribution in [2.24, 2.45) is 5.92 Å². The molecular formula is C13H19FN2O. The van der Waals surface area contributed by atoms with Crippen LogP contribution in [0.15, 0.2) is 24.3 Å². The number of hydrogen-bond acceptors (Lipinski definition) is 2. The highest BCUT2D eigenvalue weighted by Gasteiger charge is 2.10. The molecule has 17 heavy (non-hydrogen) atoms. The van der Waals surface area contributed by atoms with E-state index in [9.17, 15) is 9.18 Å². The quantitative estimate of drug-likeness (QED) is 0.785. The van der Waals surface area contributed by atoms with Crippen molar-refractivity contribution in [2.75, 3.05) is 20.1 Å². The van der Waals surface area contributed by atoms with E-state index >= 15 is 0 Å². The van der Waals surface area contributed by atoms with Gasteiger partial charge in [0.15, 0.2) is 0 Å². The number of halogens is 1. The highest BCUT2D eigenvalue weighted by atomic mass is 19.1. The van der Waals surface area contributed by atoms with E-state index < -0.39 is 0 Å². The van der Waals surface area contributed by atoms with Gasteiger partial charge in [-0.3, -0.25) is 4.79 Å². The van der Waals surface area contributed by atoms with E-state index in [0.717, 1.165) is 0 Å². The minimum atomic E-state index is -0.218. The third kappa shape index (κ3) is 4.53. The number of carbonyl (C=O) groups excluding carboxylic acids is 1. The van der Waals surface area contributed by atoms with Gasteiger partial charge in [0, 0.05) is 19.0 Å². The first kappa shape index (κ1) is 13.6. The molecule has 0 spiro atoms. The molecule has 0 radical (unpaired) electrons. The van der Waals surface area contributed by atoms with Gasteiger partial charge < -0.3 is 10.6 Å². The average Bonchev–Trinajstić information content (AvgIpc) is 2.31. The highest BCUT2D eigenvalue weighted by Crippen LogP contribution is 2.06. The summed E-state index contributed by atoms with van der Waals surface area (Å²) in [5.41, 5.74) is 0.633. The molecular weight excluding hydrogens is 219 g/mol. The van der Waals surface area contributed by atoms with Crippen LogP contribution >= 0.6 is 0 Å². The second kappa shape index (κ2) is 7.01. The maximum atomic E-state index is 13.3. The van der Waals surface area contributed by atoms with Gasteiger partial charge in [-0.15, -0.1) is 0 Å². The summed E-state index contributed by atoms with van der Waals surface area (Å²) in [5, 5.41) is 5.74. The fourth-order valence-electron chi connectivity index (χ4n) is 1.59. The van der Waals surface area contributed by atoms with Gasteiger partial charge in [-0.25, -0.2) is 4.39 Å². The van der Waals surface area contributed by atoms with Crippen LogP contribution in [0.1, 0.15) is 12.5 Å². The van der Waals surface area contributed by atoms with Gasteiger partial charge in [0.25, 0.3) is 0 Å². The molecule has 0 aliphatic rings. The second-order valence-corrected chi connectivity index (χ2v) is 4.09. The van der Waals surface area contributed by atoms with Crippen molar-refractivity contribution in [3.63, 3.8) is 0 Å². The van der Waals surface area contributed by atoms with Crippen molar-refractivity contribution >= 4 is 5.91 Å². The van der Waals surface area contributed by atoms with Gasteiger partial charge in [0.2, 0.25) is 5.91 Å². The molecule has 94 valence electrons. The molecule has 0 bridgehead atoms. The summed E-state index contributed by atoms with van der Waals surface area (Å²) in [6.07, 6.45) is 0.519. The van der Waals surface area contributed by atoms with E-state index in [1.165, 1.54) is 6.07 Å². The Labute approximate surface area is 101 Å². The average molecular weight is 238 g/mol.